The zero-order valence-electron chi connectivity index (χ0n) is 5.23. The summed E-state index contributed by atoms with van der Waals surface area (Å²) in [6, 6.07) is 0. The molecule has 0 fully saturated rings. The van der Waals surface area contributed by atoms with Gasteiger partial charge in [-0.2, -0.15) is 0 Å². The minimum absolute atomic E-state index is 0. The summed E-state index contributed by atoms with van der Waals surface area (Å²) in [6.45, 7) is 0. The Morgan fingerprint density at radius 1 is 1.10 bits per heavy atom. The molecule has 0 aromatic rings. The average molecular weight is 279 g/mol. The fourth-order valence-electron chi connectivity index (χ4n) is 0. The van der Waals surface area contributed by atoms with Crippen LogP contribution in [0.3, 0.4) is 0 Å². The van der Waals surface area contributed by atoms with Crippen molar-refractivity contribution in [3.8, 4) is 0 Å². The van der Waals surface area contributed by atoms with E-state index in [4.69, 9.17) is 29.1 Å². The van der Waals surface area contributed by atoms with E-state index in [2.05, 4.69) is 0 Å². The van der Waals surface area contributed by atoms with Crippen LogP contribution in [0.1, 0.15) is 0 Å². The maximum absolute atomic E-state index is 8.52. The molecule has 6 nitrogen and oxygen atoms in total. The van der Waals surface area contributed by atoms with Gasteiger partial charge in [0.2, 0.25) is 0 Å². The van der Waals surface area contributed by atoms with E-state index in [1.54, 1.807) is 0 Å². The molecule has 0 aliphatic carbocycles. The molecule has 0 atom stereocenters. The van der Waals surface area contributed by atoms with Gasteiger partial charge in [0.1, 0.15) is 0 Å². The topological polar surface area (TPSA) is 132 Å². The third kappa shape index (κ3) is 248. The Morgan fingerprint density at radius 3 is 1.10 bits per heavy atom. The van der Waals surface area contributed by atoms with Crippen LogP contribution >= 0.6 is 0 Å². The molecule has 0 radical (unpaired) electrons. The van der Waals surface area contributed by atoms with Crippen LogP contribution in [0.15, 0.2) is 0 Å². The van der Waals surface area contributed by atoms with Crippen molar-refractivity contribution in [3.63, 3.8) is 0 Å². The van der Waals surface area contributed by atoms with Crippen molar-refractivity contribution in [2.24, 2.45) is 0 Å². The number of hydrogen-bond acceptors (Lipinski definition) is 6. The van der Waals surface area contributed by atoms with E-state index in [-0.39, 0.29) is 67.7 Å². The molecule has 0 aliphatic heterocycles. The van der Waals surface area contributed by atoms with E-state index < -0.39 is 16.5 Å². The molecule has 0 saturated heterocycles. The monoisotopic (exact) mass is 280 g/mol. The van der Waals surface area contributed by atoms with Gasteiger partial charge in [-0.25, -0.2) is 0 Å². The Hall–Kier alpha value is 1.73. The zero-order chi connectivity index (χ0) is 7.15. The summed E-state index contributed by atoms with van der Waals surface area (Å²) >= 11 is 0. The summed E-state index contributed by atoms with van der Waals surface area (Å²) in [6.07, 6.45) is 0. The molecule has 0 amide bonds. The van der Waals surface area contributed by atoms with Crippen LogP contribution in [-0.4, -0.2) is 65.4 Å². The van der Waals surface area contributed by atoms with E-state index in [9.17, 15) is 0 Å². The molecule has 0 heterocycles. The van der Waals surface area contributed by atoms with Crippen molar-refractivity contribution in [2.45, 2.75) is 0 Å². The molecule has 0 unspecified atom stereocenters. The SMILES string of the molecule is O=[Si]([O-])[O-].[Ba+2].[Li+].[O-]B([O-])[O-]. The first-order valence-electron chi connectivity index (χ1n) is 1.32. The molecule has 0 bridgehead atoms. The Labute approximate surface area is 112 Å². The van der Waals surface area contributed by atoms with E-state index in [1.807, 2.05) is 0 Å². The van der Waals surface area contributed by atoms with E-state index in [1.165, 1.54) is 0 Å². The molecule has 0 aromatic heterocycles. The van der Waals surface area contributed by atoms with Crippen molar-refractivity contribution in [1.82, 2.24) is 0 Å². The van der Waals surface area contributed by atoms with E-state index >= 15 is 0 Å². The Balaban J connectivity index is -0.0000000300. The smallest absolute Gasteiger partial charge is 0.907 e. The third-order valence-corrected chi connectivity index (χ3v) is 0. The molecular formula is BBaLiO6Si-2. The van der Waals surface area contributed by atoms with Gasteiger partial charge in [-0.15, -0.1) is 0 Å². The average Bonchev–Trinajstić information content (AvgIpc) is 1.25. The first-order chi connectivity index (χ1) is 3.46. The summed E-state index contributed by atoms with van der Waals surface area (Å²) in [5.74, 6) is 0. The van der Waals surface area contributed by atoms with Gasteiger partial charge in [-0.05, 0) is 0 Å². The molecule has 10 heavy (non-hydrogen) atoms. The molecular weight excluding hydrogens is 279 g/mol. The fourth-order valence-corrected chi connectivity index (χ4v) is 0. The molecule has 0 spiro atoms. The Bertz CT molecular complexity index is 62.0. The second kappa shape index (κ2) is 17.0. The number of rotatable bonds is 0. The van der Waals surface area contributed by atoms with Crippen molar-refractivity contribution >= 4 is 65.4 Å². The van der Waals surface area contributed by atoms with E-state index in [0.717, 1.165) is 0 Å². The molecule has 0 aromatic carbocycles. The van der Waals surface area contributed by atoms with Crippen LogP contribution < -0.4 is 43.5 Å². The van der Waals surface area contributed by atoms with Crippen LogP contribution in [0.4, 0.5) is 0 Å². The maximum atomic E-state index is 8.52. The maximum Gasteiger partial charge on any atom is 2.00 e. The van der Waals surface area contributed by atoms with Gasteiger partial charge >= 0.3 is 67.7 Å². The number of hydrogen-bond donors (Lipinski definition) is 0. The van der Waals surface area contributed by atoms with Gasteiger partial charge in [0.05, 0.1) is 0 Å². The largest absolute Gasteiger partial charge is 2.00 e. The van der Waals surface area contributed by atoms with E-state index in [0.29, 0.717) is 0 Å². The zero-order valence-corrected chi connectivity index (χ0v) is 10.7. The standard InChI is InChI=1S/BO3.Ba.Li.O3Si/c2-1(3)4;;;1-4(2)3/q-3;+2;+1;-2. The second-order valence-electron chi connectivity index (χ2n) is 0.539. The second-order valence-corrected chi connectivity index (χ2v) is 1.04. The van der Waals surface area contributed by atoms with Crippen molar-refractivity contribution in [3.05, 3.63) is 0 Å². The van der Waals surface area contributed by atoms with Gasteiger partial charge < -0.3 is 29.1 Å². The van der Waals surface area contributed by atoms with Gasteiger partial charge in [-0.1, -0.05) is 0 Å². The summed E-state index contributed by atoms with van der Waals surface area (Å²) < 4.78 is 8.52. The third-order valence-electron chi connectivity index (χ3n) is 0. The molecule has 10 heteroatoms. The Kier molecular flexibility index (Phi) is 38.4. The fraction of sp³-hybridized carbons (Fsp3) is 0. The van der Waals surface area contributed by atoms with Crippen molar-refractivity contribution in [2.75, 3.05) is 0 Å². The normalized spacial score (nSPS) is 5.10. The van der Waals surface area contributed by atoms with Crippen LogP contribution in [0.5, 0.6) is 0 Å². The van der Waals surface area contributed by atoms with Crippen LogP contribution in [0, 0.1) is 0 Å². The van der Waals surface area contributed by atoms with Gasteiger partial charge in [0, 0.05) is 9.17 Å². The first kappa shape index (κ1) is 22.6. The summed E-state index contributed by atoms with van der Waals surface area (Å²) in [5, 5.41) is 25.2. The minimum Gasteiger partial charge on any atom is -0.907 e. The van der Waals surface area contributed by atoms with Gasteiger partial charge in [0.25, 0.3) is 0 Å². The molecule has 0 aliphatic rings. The summed E-state index contributed by atoms with van der Waals surface area (Å²) in [5.41, 5.74) is 0. The van der Waals surface area contributed by atoms with Gasteiger partial charge in [-0.3, -0.25) is 7.32 Å². The Morgan fingerprint density at radius 2 is 1.10 bits per heavy atom. The molecule has 48 valence electrons. The predicted molar refractivity (Wildman–Crippen MR) is 17.9 cm³/mol. The molecule has 0 rings (SSSR count). The predicted octanol–water partition coefficient (Wildman–Crippen LogP) is -10.2. The van der Waals surface area contributed by atoms with Gasteiger partial charge in [0.15, 0.2) is 0 Å². The minimum atomic E-state index is -3.63. The van der Waals surface area contributed by atoms with Crippen LogP contribution in [-0.2, 0) is 4.46 Å². The molecule has 0 N–H and O–H groups in total. The quantitative estimate of drug-likeness (QED) is 0.404. The first-order valence-corrected chi connectivity index (χ1v) is 2.54. The summed E-state index contributed by atoms with van der Waals surface area (Å²) in [7, 11) is -6.55. The van der Waals surface area contributed by atoms with Crippen LogP contribution in [0.2, 0.25) is 0 Å². The summed E-state index contributed by atoms with van der Waals surface area (Å²) in [4.78, 5) is 17.0. The van der Waals surface area contributed by atoms with Crippen molar-refractivity contribution < 1.29 is 48.0 Å². The van der Waals surface area contributed by atoms with Crippen molar-refractivity contribution in [1.29, 1.82) is 0 Å². The molecule has 0 saturated carbocycles. The van der Waals surface area contributed by atoms with Crippen LogP contribution in [0.25, 0.3) is 0 Å².